The third-order valence-corrected chi connectivity index (χ3v) is 3.79. The molecule has 0 atom stereocenters. The molecule has 138 valence electrons. The molecule has 26 heavy (non-hydrogen) atoms. The number of hydrogen-bond donors (Lipinski definition) is 2. The Balaban J connectivity index is 1.68. The van der Waals surface area contributed by atoms with Crippen molar-refractivity contribution in [2.45, 2.75) is 13.3 Å². The normalized spacial score (nSPS) is 10.1. The van der Waals surface area contributed by atoms with Crippen LogP contribution in [0.1, 0.15) is 12.5 Å². The van der Waals surface area contributed by atoms with Crippen LogP contribution in [0.25, 0.3) is 0 Å². The number of amides is 2. The fourth-order valence-electron chi connectivity index (χ4n) is 1.92. The number of ether oxygens (including phenoxy) is 2. The average molecular weight is 425 g/mol. The van der Waals surface area contributed by atoms with Gasteiger partial charge in [-0.25, -0.2) is 4.39 Å². The summed E-state index contributed by atoms with van der Waals surface area (Å²) in [6.45, 7) is 1.34. The molecule has 2 aromatic rings. The molecule has 0 heterocycles. The van der Waals surface area contributed by atoms with Gasteiger partial charge in [0.2, 0.25) is 0 Å². The van der Waals surface area contributed by atoms with Crippen molar-refractivity contribution in [1.82, 2.24) is 10.9 Å². The first-order valence-electron chi connectivity index (χ1n) is 7.85. The Bertz CT molecular complexity index is 768. The van der Waals surface area contributed by atoms with Gasteiger partial charge in [0, 0.05) is 4.47 Å². The molecule has 0 bridgehead atoms. The maximum Gasteiger partial charge on any atom is 0.276 e. The summed E-state index contributed by atoms with van der Waals surface area (Å²) in [5.41, 5.74) is 5.52. The summed E-state index contributed by atoms with van der Waals surface area (Å²) in [6.07, 6.45) is 0.916. The molecule has 0 aromatic heterocycles. The first-order chi connectivity index (χ1) is 12.5. The smallest absolute Gasteiger partial charge is 0.276 e. The van der Waals surface area contributed by atoms with E-state index in [2.05, 4.69) is 26.8 Å². The molecule has 0 aliphatic heterocycles. The first kappa shape index (κ1) is 19.7. The number of halogens is 2. The molecule has 0 aliphatic carbocycles. The fraction of sp³-hybridized carbons (Fsp3) is 0.222. The number of carbonyl (C=O) groups is 2. The van der Waals surface area contributed by atoms with Crippen molar-refractivity contribution in [1.29, 1.82) is 0 Å². The van der Waals surface area contributed by atoms with E-state index in [1.54, 1.807) is 18.2 Å². The molecule has 6 nitrogen and oxygen atoms in total. The van der Waals surface area contributed by atoms with Crippen molar-refractivity contribution in [3.05, 3.63) is 58.3 Å². The van der Waals surface area contributed by atoms with Crippen LogP contribution in [0.5, 0.6) is 11.5 Å². The van der Waals surface area contributed by atoms with Crippen molar-refractivity contribution in [2.24, 2.45) is 0 Å². The van der Waals surface area contributed by atoms with Crippen molar-refractivity contribution in [2.75, 3.05) is 13.2 Å². The number of nitrogens with one attached hydrogen (secondary N) is 2. The molecular formula is C18H18BrFN2O4. The van der Waals surface area contributed by atoms with E-state index in [1.165, 1.54) is 12.1 Å². The Morgan fingerprint density at radius 2 is 1.62 bits per heavy atom. The van der Waals surface area contributed by atoms with Gasteiger partial charge in [-0.3, -0.25) is 20.4 Å². The second kappa shape index (κ2) is 9.76. The SMILES string of the molecule is CCc1ccc(OCC(=O)NNC(=O)COc2ccc(Br)cc2F)cc1. The molecule has 0 saturated heterocycles. The summed E-state index contributed by atoms with van der Waals surface area (Å²) in [6, 6.07) is 11.6. The van der Waals surface area contributed by atoms with Gasteiger partial charge in [-0.05, 0) is 42.3 Å². The summed E-state index contributed by atoms with van der Waals surface area (Å²) in [5, 5.41) is 0. The van der Waals surface area contributed by atoms with Gasteiger partial charge in [0.1, 0.15) is 5.75 Å². The second-order valence-corrected chi connectivity index (χ2v) is 6.16. The molecule has 0 fully saturated rings. The van der Waals surface area contributed by atoms with Crippen molar-refractivity contribution in [3.8, 4) is 11.5 Å². The third kappa shape index (κ3) is 6.36. The van der Waals surface area contributed by atoms with Crippen molar-refractivity contribution < 1.29 is 23.5 Å². The highest BCUT2D eigenvalue weighted by molar-refractivity contribution is 9.10. The minimum atomic E-state index is -0.632. The van der Waals surface area contributed by atoms with E-state index < -0.39 is 24.2 Å². The lowest BCUT2D eigenvalue weighted by Crippen LogP contribution is -2.45. The van der Waals surface area contributed by atoms with Crippen LogP contribution in [0.4, 0.5) is 4.39 Å². The van der Waals surface area contributed by atoms with Crippen LogP contribution in [0.15, 0.2) is 46.9 Å². The number of hydrazine groups is 1. The Morgan fingerprint density at radius 3 is 2.19 bits per heavy atom. The molecule has 0 radical (unpaired) electrons. The third-order valence-electron chi connectivity index (χ3n) is 3.30. The topological polar surface area (TPSA) is 76.7 Å². The fourth-order valence-corrected chi connectivity index (χ4v) is 2.25. The van der Waals surface area contributed by atoms with Gasteiger partial charge in [0.15, 0.2) is 24.8 Å². The molecule has 2 rings (SSSR count). The lowest BCUT2D eigenvalue weighted by molar-refractivity contribution is -0.131. The minimum Gasteiger partial charge on any atom is -0.484 e. The highest BCUT2D eigenvalue weighted by atomic mass is 79.9. The molecule has 8 heteroatoms. The summed E-state index contributed by atoms with van der Waals surface area (Å²) in [5.74, 6) is -1.27. The van der Waals surface area contributed by atoms with Gasteiger partial charge >= 0.3 is 0 Å². The van der Waals surface area contributed by atoms with Crippen molar-refractivity contribution in [3.63, 3.8) is 0 Å². The zero-order valence-electron chi connectivity index (χ0n) is 14.1. The monoisotopic (exact) mass is 424 g/mol. The Hall–Kier alpha value is -2.61. The Labute approximate surface area is 158 Å². The van der Waals surface area contributed by atoms with Crippen LogP contribution in [-0.2, 0) is 16.0 Å². The maximum absolute atomic E-state index is 13.6. The Kier molecular flexibility index (Phi) is 7.40. The predicted octanol–water partition coefficient (Wildman–Crippen LogP) is 2.76. The van der Waals surface area contributed by atoms with E-state index in [9.17, 15) is 14.0 Å². The molecule has 0 aliphatic rings. The largest absolute Gasteiger partial charge is 0.484 e. The maximum atomic E-state index is 13.6. The van der Waals surface area contributed by atoms with E-state index >= 15 is 0 Å². The Morgan fingerprint density at radius 1 is 1.00 bits per heavy atom. The quantitative estimate of drug-likeness (QED) is 0.669. The average Bonchev–Trinajstić information content (AvgIpc) is 2.64. The highest BCUT2D eigenvalue weighted by Crippen LogP contribution is 2.21. The van der Waals surface area contributed by atoms with Gasteiger partial charge in [-0.1, -0.05) is 35.0 Å². The molecule has 2 N–H and O–H groups in total. The van der Waals surface area contributed by atoms with E-state index in [1.807, 2.05) is 19.1 Å². The number of aryl methyl sites for hydroxylation is 1. The second-order valence-electron chi connectivity index (χ2n) is 5.25. The van der Waals surface area contributed by atoms with Crippen molar-refractivity contribution >= 4 is 27.7 Å². The number of carbonyl (C=O) groups excluding carboxylic acids is 2. The molecule has 0 spiro atoms. The van der Waals surface area contributed by atoms with Gasteiger partial charge in [-0.2, -0.15) is 0 Å². The minimum absolute atomic E-state index is 0.0615. The van der Waals surface area contributed by atoms with E-state index in [0.717, 1.165) is 12.0 Å². The van der Waals surface area contributed by atoms with Gasteiger partial charge in [0.25, 0.3) is 11.8 Å². The van der Waals surface area contributed by atoms with Crippen LogP contribution >= 0.6 is 15.9 Å². The molecule has 2 amide bonds. The number of rotatable bonds is 7. The first-order valence-corrected chi connectivity index (χ1v) is 8.64. The lowest BCUT2D eigenvalue weighted by Gasteiger charge is -2.10. The van der Waals surface area contributed by atoms with Crippen LogP contribution < -0.4 is 20.3 Å². The molecular weight excluding hydrogens is 407 g/mol. The van der Waals surface area contributed by atoms with Crippen LogP contribution in [0, 0.1) is 5.82 Å². The molecule has 0 unspecified atom stereocenters. The number of benzene rings is 2. The zero-order valence-corrected chi connectivity index (χ0v) is 15.6. The van der Waals surface area contributed by atoms with Gasteiger partial charge < -0.3 is 9.47 Å². The standard InChI is InChI=1S/C18H18BrFN2O4/c1-2-12-3-6-14(7-4-12)25-10-17(23)21-22-18(24)11-26-16-8-5-13(19)9-15(16)20/h3-9H,2,10-11H2,1H3,(H,21,23)(H,22,24). The van der Waals surface area contributed by atoms with E-state index in [4.69, 9.17) is 9.47 Å². The van der Waals surface area contributed by atoms with Crippen LogP contribution in [0.2, 0.25) is 0 Å². The van der Waals surface area contributed by atoms with E-state index in [-0.39, 0.29) is 12.4 Å². The molecule has 2 aromatic carbocycles. The number of hydrogen-bond acceptors (Lipinski definition) is 4. The zero-order chi connectivity index (χ0) is 18.9. The summed E-state index contributed by atoms with van der Waals surface area (Å²) < 4.78 is 24.5. The summed E-state index contributed by atoms with van der Waals surface area (Å²) in [4.78, 5) is 23.3. The summed E-state index contributed by atoms with van der Waals surface area (Å²) >= 11 is 3.12. The van der Waals surface area contributed by atoms with Crippen LogP contribution in [0.3, 0.4) is 0 Å². The molecule has 0 saturated carbocycles. The van der Waals surface area contributed by atoms with Gasteiger partial charge in [0.05, 0.1) is 0 Å². The van der Waals surface area contributed by atoms with E-state index in [0.29, 0.717) is 10.2 Å². The predicted molar refractivity (Wildman–Crippen MR) is 97.2 cm³/mol. The van der Waals surface area contributed by atoms with Gasteiger partial charge in [-0.15, -0.1) is 0 Å². The van der Waals surface area contributed by atoms with Crippen LogP contribution in [-0.4, -0.2) is 25.0 Å². The summed E-state index contributed by atoms with van der Waals surface area (Å²) in [7, 11) is 0. The highest BCUT2D eigenvalue weighted by Gasteiger charge is 2.09. The lowest BCUT2D eigenvalue weighted by atomic mass is 10.2.